The number of ether oxygens (including phenoxy) is 1. The van der Waals surface area contributed by atoms with Crippen molar-refractivity contribution in [3.8, 4) is 11.6 Å². The molecule has 1 aromatic carbocycles. The maximum absolute atomic E-state index is 6.04. The molecule has 100 valence electrons. The Labute approximate surface area is 118 Å². The van der Waals surface area contributed by atoms with E-state index in [0.29, 0.717) is 22.3 Å². The molecular formula is C15H17ClN2O. The maximum atomic E-state index is 6.04. The molecule has 19 heavy (non-hydrogen) atoms. The van der Waals surface area contributed by atoms with Crippen LogP contribution in [0.2, 0.25) is 5.02 Å². The highest BCUT2D eigenvalue weighted by Crippen LogP contribution is 2.31. The van der Waals surface area contributed by atoms with Gasteiger partial charge in [0, 0.05) is 24.0 Å². The number of hydrogen-bond donors (Lipinski definition) is 1. The highest BCUT2D eigenvalue weighted by Gasteiger charge is 2.14. The Kier molecular flexibility index (Phi) is 3.67. The van der Waals surface area contributed by atoms with Gasteiger partial charge in [0.1, 0.15) is 5.75 Å². The van der Waals surface area contributed by atoms with E-state index in [1.165, 1.54) is 0 Å². The number of pyridine rings is 1. The molecule has 4 heteroatoms. The first-order valence-electron chi connectivity index (χ1n) is 6.06. The Morgan fingerprint density at radius 2 is 1.89 bits per heavy atom. The van der Waals surface area contributed by atoms with Crippen LogP contribution in [-0.4, -0.2) is 4.98 Å². The van der Waals surface area contributed by atoms with E-state index in [4.69, 9.17) is 22.1 Å². The average Bonchev–Trinajstić information content (AvgIpc) is 2.33. The van der Waals surface area contributed by atoms with Crippen LogP contribution in [0, 0.1) is 0 Å². The fraction of sp³-hybridized carbons (Fsp3) is 0.267. The van der Waals surface area contributed by atoms with Gasteiger partial charge in [0.05, 0.1) is 5.02 Å². The molecule has 0 saturated carbocycles. The molecule has 0 saturated heterocycles. The zero-order valence-corrected chi connectivity index (χ0v) is 12.0. The van der Waals surface area contributed by atoms with Crippen molar-refractivity contribution in [1.82, 2.24) is 4.98 Å². The summed E-state index contributed by atoms with van der Waals surface area (Å²) in [5.74, 6) is 1.01. The summed E-state index contributed by atoms with van der Waals surface area (Å²) < 4.78 is 5.63. The molecular weight excluding hydrogens is 260 g/mol. The van der Waals surface area contributed by atoms with Gasteiger partial charge in [0.25, 0.3) is 0 Å². The van der Waals surface area contributed by atoms with Crippen molar-refractivity contribution < 1.29 is 4.74 Å². The number of anilines is 1. The van der Waals surface area contributed by atoms with Gasteiger partial charge in [0.15, 0.2) is 0 Å². The molecule has 0 bridgehead atoms. The molecule has 2 aromatic rings. The van der Waals surface area contributed by atoms with Crippen LogP contribution in [0.25, 0.3) is 0 Å². The number of nitrogens with two attached hydrogens (primary N) is 1. The minimum Gasteiger partial charge on any atom is -0.437 e. The highest BCUT2D eigenvalue weighted by atomic mass is 35.5. The molecule has 3 nitrogen and oxygen atoms in total. The second kappa shape index (κ2) is 5.10. The number of nitrogens with zero attached hydrogens (tertiary/aromatic N) is 1. The van der Waals surface area contributed by atoms with Crippen molar-refractivity contribution in [2.24, 2.45) is 0 Å². The summed E-state index contributed by atoms with van der Waals surface area (Å²) in [6.07, 6.45) is 1.82. The summed E-state index contributed by atoms with van der Waals surface area (Å²) in [5, 5.41) is 0.510. The monoisotopic (exact) mass is 276 g/mol. The van der Waals surface area contributed by atoms with Gasteiger partial charge in [-0.2, -0.15) is 0 Å². The van der Waals surface area contributed by atoms with Gasteiger partial charge in [0.2, 0.25) is 5.88 Å². The largest absolute Gasteiger partial charge is 0.437 e. The molecule has 0 fully saturated rings. The second-order valence-corrected chi connectivity index (χ2v) is 5.83. The minimum atomic E-state index is 0.0698. The molecule has 0 radical (unpaired) electrons. The molecule has 1 aromatic heterocycles. The van der Waals surface area contributed by atoms with E-state index < -0.39 is 0 Å². The molecule has 0 atom stereocenters. The van der Waals surface area contributed by atoms with E-state index in [0.717, 1.165) is 5.56 Å². The molecule has 0 aliphatic heterocycles. The summed E-state index contributed by atoms with van der Waals surface area (Å²) >= 11 is 6.04. The zero-order chi connectivity index (χ0) is 14.0. The first kappa shape index (κ1) is 13.7. The maximum Gasteiger partial charge on any atom is 0.219 e. The van der Waals surface area contributed by atoms with Crippen molar-refractivity contribution in [3.05, 3.63) is 47.1 Å². The van der Waals surface area contributed by atoms with Crippen LogP contribution in [0.15, 0.2) is 36.5 Å². The molecule has 0 aliphatic carbocycles. The predicted molar refractivity (Wildman–Crippen MR) is 78.9 cm³/mol. The van der Waals surface area contributed by atoms with Crippen LogP contribution in [0.1, 0.15) is 26.3 Å². The number of benzene rings is 1. The van der Waals surface area contributed by atoms with Crippen LogP contribution in [0.5, 0.6) is 11.6 Å². The van der Waals surface area contributed by atoms with Gasteiger partial charge in [-0.1, -0.05) is 38.4 Å². The van der Waals surface area contributed by atoms with Crippen molar-refractivity contribution in [1.29, 1.82) is 0 Å². The SMILES string of the molecule is CC(C)(C)c1ccc(Oc2cc(N)ccc2Cl)nc1. The van der Waals surface area contributed by atoms with Gasteiger partial charge in [-0.25, -0.2) is 4.98 Å². The van der Waals surface area contributed by atoms with Crippen molar-refractivity contribution in [2.45, 2.75) is 26.2 Å². The lowest BCUT2D eigenvalue weighted by atomic mass is 9.88. The summed E-state index contributed by atoms with van der Waals surface area (Å²) in [6, 6.07) is 8.95. The molecule has 0 unspecified atom stereocenters. The van der Waals surface area contributed by atoms with Gasteiger partial charge in [-0.05, 0) is 23.1 Å². The fourth-order valence-electron chi connectivity index (χ4n) is 1.60. The third-order valence-electron chi connectivity index (χ3n) is 2.77. The van der Waals surface area contributed by atoms with Crippen LogP contribution < -0.4 is 10.5 Å². The third-order valence-corrected chi connectivity index (χ3v) is 3.08. The van der Waals surface area contributed by atoms with Crippen LogP contribution in [0.4, 0.5) is 5.69 Å². The standard InChI is InChI=1S/C15H17ClN2O/c1-15(2,3)10-4-7-14(18-9-10)19-13-8-11(17)5-6-12(13)16/h4-9H,17H2,1-3H3. The average molecular weight is 277 g/mol. The first-order chi connectivity index (χ1) is 8.86. The normalized spacial score (nSPS) is 11.4. The van der Waals surface area contributed by atoms with E-state index in [1.807, 2.05) is 18.3 Å². The number of aromatic nitrogens is 1. The first-order valence-corrected chi connectivity index (χ1v) is 6.43. The lowest BCUT2D eigenvalue weighted by molar-refractivity contribution is 0.461. The Balaban J connectivity index is 2.22. The van der Waals surface area contributed by atoms with Gasteiger partial charge >= 0.3 is 0 Å². The number of rotatable bonds is 2. The Morgan fingerprint density at radius 3 is 2.47 bits per heavy atom. The topological polar surface area (TPSA) is 48.1 Å². The Bertz CT molecular complexity index is 574. The molecule has 1 heterocycles. The summed E-state index contributed by atoms with van der Waals surface area (Å²) in [5.41, 5.74) is 7.53. The zero-order valence-electron chi connectivity index (χ0n) is 11.3. The minimum absolute atomic E-state index is 0.0698. The second-order valence-electron chi connectivity index (χ2n) is 5.43. The van der Waals surface area contributed by atoms with Gasteiger partial charge < -0.3 is 10.5 Å². The predicted octanol–water partition coefficient (Wildman–Crippen LogP) is 4.41. The third kappa shape index (κ3) is 3.38. The Morgan fingerprint density at radius 1 is 1.16 bits per heavy atom. The van der Waals surface area contributed by atoms with E-state index in [2.05, 4.69) is 25.8 Å². The summed E-state index contributed by atoms with van der Waals surface area (Å²) in [6.45, 7) is 6.41. The molecule has 0 aliphatic rings. The highest BCUT2D eigenvalue weighted by molar-refractivity contribution is 6.32. The van der Waals surface area contributed by atoms with Crippen molar-refractivity contribution in [3.63, 3.8) is 0 Å². The number of hydrogen-bond acceptors (Lipinski definition) is 3. The lowest BCUT2D eigenvalue weighted by Crippen LogP contribution is -2.11. The van der Waals surface area contributed by atoms with Gasteiger partial charge in [-0.15, -0.1) is 0 Å². The van der Waals surface area contributed by atoms with E-state index in [-0.39, 0.29) is 5.41 Å². The quantitative estimate of drug-likeness (QED) is 0.827. The smallest absolute Gasteiger partial charge is 0.219 e. The van der Waals surface area contributed by atoms with Crippen molar-refractivity contribution in [2.75, 3.05) is 5.73 Å². The summed E-state index contributed by atoms with van der Waals surface area (Å²) in [7, 11) is 0. The summed E-state index contributed by atoms with van der Waals surface area (Å²) in [4.78, 5) is 4.29. The number of nitrogen functional groups attached to an aromatic ring is 1. The van der Waals surface area contributed by atoms with Gasteiger partial charge in [-0.3, -0.25) is 0 Å². The Hall–Kier alpha value is -1.74. The van der Waals surface area contributed by atoms with E-state index >= 15 is 0 Å². The molecule has 0 spiro atoms. The van der Waals surface area contributed by atoms with Crippen molar-refractivity contribution >= 4 is 17.3 Å². The fourth-order valence-corrected chi connectivity index (χ4v) is 1.75. The molecule has 2 N–H and O–H groups in total. The van der Waals surface area contributed by atoms with Crippen LogP contribution in [-0.2, 0) is 5.41 Å². The van der Waals surface area contributed by atoms with E-state index in [9.17, 15) is 0 Å². The molecule has 2 rings (SSSR count). The van der Waals surface area contributed by atoms with E-state index in [1.54, 1.807) is 18.2 Å². The number of halogens is 1. The van der Waals surface area contributed by atoms with Crippen LogP contribution >= 0.6 is 11.6 Å². The molecule has 0 amide bonds. The van der Waals surface area contributed by atoms with Crippen LogP contribution in [0.3, 0.4) is 0 Å². The lowest BCUT2D eigenvalue weighted by Gasteiger charge is -2.18.